The summed E-state index contributed by atoms with van der Waals surface area (Å²) < 4.78 is 0. The Balaban J connectivity index is 1.41. The van der Waals surface area contributed by atoms with Crippen LogP contribution in [0.1, 0.15) is 24.8 Å². The van der Waals surface area contributed by atoms with Crippen LogP contribution in [0, 0.1) is 0 Å². The third kappa shape index (κ3) is 2.62. The van der Waals surface area contributed by atoms with Gasteiger partial charge in [0.05, 0.1) is 0 Å². The highest BCUT2D eigenvalue weighted by atomic mass is 35.5. The fourth-order valence-electron chi connectivity index (χ4n) is 4.00. The second kappa shape index (κ2) is 5.80. The standard InChI is InChI=1S/C17H20ClN3O2/c18-12-5-3-11(4-6-12)9-19-13-8-15-17(23)20-7-1-2-14(20)16(22)21(15)10-13/h3-6,13-15,19H,1-2,7-10H2/t13-,14-,15-/m0/s1. The molecule has 1 aromatic carbocycles. The van der Waals surface area contributed by atoms with Gasteiger partial charge in [-0.1, -0.05) is 23.7 Å². The highest BCUT2D eigenvalue weighted by molar-refractivity contribution is 6.30. The van der Waals surface area contributed by atoms with E-state index in [0.717, 1.165) is 36.5 Å². The predicted molar refractivity (Wildman–Crippen MR) is 86.9 cm³/mol. The van der Waals surface area contributed by atoms with E-state index in [1.165, 1.54) is 0 Å². The number of halogens is 1. The van der Waals surface area contributed by atoms with Crippen LogP contribution in [-0.2, 0) is 16.1 Å². The van der Waals surface area contributed by atoms with Gasteiger partial charge in [-0.3, -0.25) is 9.59 Å². The van der Waals surface area contributed by atoms with Gasteiger partial charge in [-0.2, -0.15) is 0 Å². The van der Waals surface area contributed by atoms with Gasteiger partial charge in [-0.05, 0) is 37.0 Å². The Morgan fingerprint density at radius 3 is 2.61 bits per heavy atom. The van der Waals surface area contributed by atoms with Gasteiger partial charge in [-0.25, -0.2) is 0 Å². The van der Waals surface area contributed by atoms with Crippen molar-refractivity contribution in [1.82, 2.24) is 15.1 Å². The van der Waals surface area contributed by atoms with E-state index in [-0.39, 0.29) is 29.9 Å². The molecular weight excluding hydrogens is 314 g/mol. The lowest BCUT2D eigenvalue weighted by molar-refractivity contribution is -0.156. The van der Waals surface area contributed by atoms with E-state index in [1.807, 2.05) is 24.3 Å². The van der Waals surface area contributed by atoms with Crippen LogP contribution in [0.15, 0.2) is 24.3 Å². The molecule has 0 saturated carbocycles. The number of fused-ring (bicyclic) bond motifs is 2. The fraction of sp³-hybridized carbons (Fsp3) is 0.529. The van der Waals surface area contributed by atoms with Crippen molar-refractivity contribution in [1.29, 1.82) is 0 Å². The minimum absolute atomic E-state index is 0.142. The van der Waals surface area contributed by atoms with Gasteiger partial charge in [0, 0.05) is 30.7 Å². The summed E-state index contributed by atoms with van der Waals surface area (Å²) >= 11 is 5.89. The van der Waals surface area contributed by atoms with Crippen molar-refractivity contribution >= 4 is 23.4 Å². The predicted octanol–water partition coefficient (Wildman–Crippen LogP) is 1.40. The molecule has 3 saturated heterocycles. The van der Waals surface area contributed by atoms with Crippen molar-refractivity contribution in [2.75, 3.05) is 13.1 Å². The molecule has 1 N–H and O–H groups in total. The van der Waals surface area contributed by atoms with E-state index in [9.17, 15) is 9.59 Å². The smallest absolute Gasteiger partial charge is 0.246 e. The summed E-state index contributed by atoms with van der Waals surface area (Å²) in [6.45, 7) is 2.09. The zero-order valence-corrected chi connectivity index (χ0v) is 13.6. The number of nitrogens with one attached hydrogen (secondary N) is 1. The molecule has 4 rings (SSSR count). The second-order valence-corrected chi connectivity index (χ2v) is 7.07. The van der Waals surface area contributed by atoms with Crippen LogP contribution in [-0.4, -0.2) is 52.8 Å². The maximum absolute atomic E-state index is 12.6. The lowest BCUT2D eigenvalue weighted by Gasteiger charge is -2.38. The van der Waals surface area contributed by atoms with Crippen LogP contribution < -0.4 is 5.32 Å². The highest BCUT2D eigenvalue weighted by Gasteiger charge is 2.51. The van der Waals surface area contributed by atoms with E-state index in [0.29, 0.717) is 13.0 Å². The Morgan fingerprint density at radius 1 is 1.09 bits per heavy atom. The molecule has 0 aromatic heterocycles. The third-order valence-corrected chi connectivity index (χ3v) is 5.45. The third-order valence-electron chi connectivity index (χ3n) is 5.20. The second-order valence-electron chi connectivity index (χ2n) is 6.64. The molecule has 3 atom stereocenters. The van der Waals surface area contributed by atoms with Crippen molar-refractivity contribution in [3.05, 3.63) is 34.9 Å². The van der Waals surface area contributed by atoms with Crippen LogP contribution >= 0.6 is 11.6 Å². The zero-order chi connectivity index (χ0) is 16.0. The monoisotopic (exact) mass is 333 g/mol. The summed E-state index contributed by atoms with van der Waals surface area (Å²) in [5, 5.41) is 4.20. The molecule has 0 bridgehead atoms. The minimum Gasteiger partial charge on any atom is -0.329 e. The molecular formula is C17H20ClN3O2. The van der Waals surface area contributed by atoms with Gasteiger partial charge in [0.2, 0.25) is 11.8 Å². The lowest BCUT2D eigenvalue weighted by atomic mass is 10.1. The van der Waals surface area contributed by atoms with Gasteiger partial charge >= 0.3 is 0 Å². The van der Waals surface area contributed by atoms with Gasteiger partial charge in [0.25, 0.3) is 0 Å². The summed E-state index contributed by atoms with van der Waals surface area (Å²) in [7, 11) is 0. The molecule has 0 radical (unpaired) electrons. The van der Waals surface area contributed by atoms with E-state index in [4.69, 9.17) is 11.6 Å². The summed E-state index contributed by atoms with van der Waals surface area (Å²) in [4.78, 5) is 28.8. The first-order chi connectivity index (χ1) is 11.1. The first-order valence-electron chi connectivity index (χ1n) is 8.22. The molecule has 2 amide bonds. The van der Waals surface area contributed by atoms with Crippen LogP contribution in [0.4, 0.5) is 0 Å². The zero-order valence-electron chi connectivity index (χ0n) is 12.9. The first-order valence-corrected chi connectivity index (χ1v) is 8.60. The average Bonchev–Trinajstić information content (AvgIpc) is 3.19. The fourth-order valence-corrected chi connectivity index (χ4v) is 4.12. The number of carbonyl (C=O) groups excluding carboxylic acids is 2. The molecule has 0 spiro atoms. The molecule has 3 fully saturated rings. The van der Waals surface area contributed by atoms with Crippen molar-refractivity contribution < 1.29 is 9.59 Å². The SMILES string of the molecule is O=C1[C@@H]2C[C@H](NCc3ccc(Cl)cc3)CN2C(=O)[C@@H]2CCCN12. The topological polar surface area (TPSA) is 52.7 Å². The quantitative estimate of drug-likeness (QED) is 0.910. The maximum atomic E-state index is 12.6. The summed E-state index contributed by atoms with van der Waals surface area (Å²) in [6.07, 6.45) is 2.47. The Morgan fingerprint density at radius 2 is 1.83 bits per heavy atom. The number of benzene rings is 1. The van der Waals surface area contributed by atoms with Crippen LogP contribution in [0.2, 0.25) is 5.02 Å². The molecule has 1 aromatic rings. The maximum Gasteiger partial charge on any atom is 0.246 e. The number of rotatable bonds is 3. The lowest BCUT2D eigenvalue weighted by Crippen LogP contribution is -2.60. The van der Waals surface area contributed by atoms with E-state index < -0.39 is 0 Å². The molecule has 3 aliphatic rings. The van der Waals surface area contributed by atoms with Gasteiger partial charge in [0.1, 0.15) is 12.1 Å². The summed E-state index contributed by atoms with van der Waals surface area (Å²) in [5.74, 6) is 0.283. The van der Waals surface area contributed by atoms with Crippen molar-refractivity contribution in [2.45, 2.75) is 43.9 Å². The molecule has 3 heterocycles. The average molecular weight is 334 g/mol. The van der Waals surface area contributed by atoms with Crippen LogP contribution in [0.5, 0.6) is 0 Å². The summed E-state index contributed by atoms with van der Waals surface area (Å²) in [5.41, 5.74) is 1.15. The minimum atomic E-state index is -0.264. The molecule has 122 valence electrons. The van der Waals surface area contributed by atoms with Crippen LogP contribution in [0.25, 0.3) is 0 Å². The Hall–Kier alpha value is -1.59. The van der Waals surface area contributed by atoms with Gasteiger partial charge in [0.15, 0.2) is 0 Å². The first kappa shape index (κ1) is 15.0. The van der Waals surface area contributed by atoms with Crippen molar-refractivity contribution in [3.8, 4) is 0 Å². The number of amides is 2. The van der Waals surface area contributed by atoms with Crippen molar-refractivity contribution in [2.24, 2.45) is 0 Å². The number of piperazine rings is 1. The number of hydrogen-bond donors (Lipinski definition) is 1. The number of hydrogen-bond acceptors (Lipinski definition) is 3. The molecule has 0 unspecified atom stereocenters. The Bertz CT molecular complexity index is 603. The molecule has 6 heteroatoms. The molecule has 23 heavy (non-hydrogen) atoms. The molecule has 0 aliphatic carbocycles. The molecule has 3 aliphatic heterocycles. The van der Waals surface area contributed by atoms with Crippen molar-refractivity contribution in [3.63, 3.8) is 0 Å². The summed E-state index contributed by atoms with van der Waals surface area (Å²) in [6, 6.07) is 7.43. The van der Waals surface area contributed by atoms with E-state index in [2.05, 4.69) is 5.32 Å². The van der Waals surface area contributed by atoms with Gasteiger partial charge in [-0.15, -0.1) is 0 Å². The van der Waals surface area contributed by atoms with E-state index >= 15 is 0 Å². The molecule has 5 nitrogen and oxygen atoms in total. The van der Waals surface area contributed by atoms with E-state index in [1.54, 1.807) is 9.80 Å². The Labute approximate surface area is 140 Å². The normalized spacial score (nSPS) is 29.9. The number of carbonyl (C=O) groups is 2. The Kier molecular flexibility index (Phi) is 3.77. The van der Waals surface area contributed by atoms with Gasteiger partial charge < -0.3 is 15.1 Å². The largest absolute Gasteiger partial charge is 0.329 e. The highest BCUT2D eigenvalue weighted by Crippen LogP contribution is 2.32. The van der Waals surface area contributed by atoms with Crippen LogP contribution in [0.3, 0.4) is 0 Å². The number of nitrogens with zero attached hydrogens (tertiary/aromatic N) is 2.